The predicted octanol–water partition coefficient (Wildman–Crippen LogP) is 3.14. The molecule has 5 heteroatoms. The third kappa shape index (κ3) is 5.00. The summed E-state index contributed by atoms with van der Waals surface area (Å²) in [6.45, 7) is 3.56. The van der Waals surface area contributed by atoms with Crippen LogP contribution in [0.2, 0.25) is 0 Å². The van der Waals surface area contributed by atoms with Gasteiger partial charge in [0.2, 0.25) is 0 Å². The van der Waals surface area contributed by atoms with Crippen molar-refractivity contribution in [3.8, 4) is 0 Å². The van der Waals surface area contributed by atoms with Gasteiger partial charge in [0.1, 0.15) is 0 Å². The van der Waals surface area contributed by atoms with Gasteiger partial charge in [-0.1, -0.05) is 28.1 Å². The van der Waals surface area contributed by atoms with E-state index in [1.807, 2.05) is 0 Å². The van der Waals surface area contributed by atoms with Crippen molar-refractivity contribution < 1.29 is 14.6 Å². The normalized spacial score (nSPS) is 26.7. The van der Waals surface area contributed by atoms with Crippen LogP contribution in [0.4, 0.5) is 0 Å². The number of aliphatic hydroxyl groups excluding tert-OH is 1. The first-order valence-electron chi connectivity index (χ1n) is 8.59. The lowest BCUT2D eigenvalue weighted by atomic mass is 10.0. The van der Waals surface area contributed by atoms with Crippen molar-refractivity contribution in [3.05, 3.63) is 34.3 Å². The average molecular weight is 384 g/mol. The Morgan fingerprint density at radius 1 is 1.26 bits per heavy atom. The zero-order chi connectivity index (χ0) is 16.1. The monoisotopic (exact) mass is 383 g/mol. The number of hydrogen-bond donors (Lipinski definition) is 1. The fourth-order valence-electron chi connectivity index (χ4n) is 3.54. The maximum absolute atomic E-state index is 10.3. The molecular weight excluding hydrogens is 358 g/mol. The molecule has 0 bridgehead atoms. The van der Waals surface area contributed by atoms with Crippen LogP contribution in [-0.2, 0) is 9.47 Å². The first kappa shape index (κ1) is 17.4. The number of aliphatic hydroxyl groups is 1. The van der Waals surface area contributed by atoms with E-state index in [-0.39, 0.29) is 6.10 Å². The number of nitrogens with zero attached hydrogens (tertiary/aromatic N) is 1. The van der Waals surface area contributed by atoms with Crippen LogP contribution < -0.4 is 0 Å². The lowest BCUT2D eigenvalue weighted by Crippen LogP contribution is -2.35. The standard InChI is InChI=1S/C18H26BrNO3/c19-15-7-5-14(6-8-15)18-4-1-9-20(18)11-16(21)12-22-13-17-3-2-10-23-17/h5-8,16-18,21H,1-4,9-13H2/t16-,17-,18+/m0/s1. The first-order chi connectivity index (χ1) is 11.2. The van der Waals surface area contributed by atoms with E-state index in [4.69, 9.17) is 9.47 Å². The highest BCUT2D eigenvalue weighted by Crippen LogP contribution is 2.32. The molecule has 4 nitrogen and oxygen atoms in total. The van der Waals surface area contributed by atoms with E-state index in [0.29, 0.717) is 25.8 Å². The fourth-order valence-corrected chi connectivity index (χ4v) is 3.81. The largest absolute Gasteiger partial charge is 0.389 e. The van der Waals surface area contributed by atoms with Crippen molar-refractivity contribution >= 4 is 15.9 Å². The van der Waals surface area contributed by atoms with Gasteiger partial charge in [0.15, 0.2) is 0 Å². The maximum atomic E-state index is 10.3. The predicted molar refractivity (Wildman–Crippen MR) is 93.5 cm³/mol. The van der Waals surface area contributed by atoms with E-state index in [1.165, 1.54) is 12.0 Å². The first-order valence-corrected chi connectivity index (χ1v) is 9.38. The van der Waals surface area contributed by atoms with Crippen molar-refractivity contribution in [3.63, 3.8) is 0 Å². The van der Waals surface area contributed by atoms with Gasteiger partial charge in [0.05, 0.1) is 25.4 Å². The van der Waals surface area contributed by atoms with Crippen molar-refractivity contribution in [2.24, 2.45) is 0 Å². The summed E-state index contributed by atoms with van der Waals surface area (Å²) in [4.78, 5) is 2.38. The molecule has 2 aliphatic rings. The SMILES string of the molecule is O[C@H](COC[C@@H]1CCCO1)CN1CCC[C@@H]1c1ccc(Br)cc1. The quantitative estimate of drug-likeness (QED) is 0.785. The van der Waals surface area contributed by atoms with Gasteiger partial charge in [0, 0.05) is 23.7 Å². The Bertz CT molecular complexity index is 476. The van der Waals surface area contributed by atoms with E-state index in [1.54, 1.807) is 0 Å². The van der Waals surface area contributed by atoms with Crippen LogP contribution in [-0.4, -0.2) is 55.1 Å². The molecule has 3 atom stereocenters. The summed E-state index contributed by atoms with van der Waals surface area (Å²) < 4.78 is 12.3. The molecular formula is C18H26BrNO3. The Hall–Kier alpha value is -0.460. The lowest BCUT2D eigenvalue weighted by molar-refractivity contribution is -0.0261. The summed E-state index contributed by atoms with van der Waals surface area (Å²) in [5.41, 5.74) is 1.33. The van der Waals surface area contributed by atoms with Gasteiger partial charge in [-0.25, -0.2) is 0 Å². The zero-order valence-electron chi connectivity index (χ0n) is 13.5. The Balaban J connectivity index is 1.44. The molecule has 128 valence electrons. The number of rotatable bonds is 7. The molecule has 2 saturated heterocycles. The number of halogens is 1. The topological polar surface area (TPSA) is 41.9 Å². The molecule has 2 heterocycles. The highest BCUT2D eigenvalue weighted by Gasteiger charge is 2.27. The molecule has 0 amide bonds. The minimum atomic E-state index is -0.438. The Labute approximate surface area is 146 Å². The molecule has 1 N–H and O–H groups in total. The third-order valence-corrected chi connectivity index (χ3v) is 5.23. The third-order valence-electron chi connectivity index (χ3n) is 4.70. The second kappa shape index (κ2) is 8.58. The molecule has 0 aliphatic carbocycles. The van der Waals surface area contributed by atoms with Gasteiger partial charge >= 0.3 is 0 Å². The summed E-state index contributed by atoms with van der Waals surface area (Å²) in [5, 5.41) is 10.3. The average Bonchev–Trinajstić information content (AvgIpc) is 3.20. The summed E-state index contributed by atoms with van der Waals surface area (Å²) in [5.74, 6) is 0. The second-order valence-electron chi connectivity index (χ2n) is 6.53. The fraction of sp³-hybridized carbons (Fsp3) is 0.667. The number of likely N-dealkylation sites (tertiary alicyclic amines) is 1. The molecule has 0 spiro atoms. The molecule has 2 aliphatic heterocycles. The van der Waals surface area contributed by atoms with Crippen LogP contribution in [0.1, 0.15) is 37.3 Å². The number of benzene rings is 1. The van der Waals surface area contributed by atoms with Crippen LogP contribution in [0.25, 0.3) is 0 Å². The van der Waals surface area contributed by atoms with Crippen LogP contribution in [0.15, 0.2) is 28.7 Å². The van der Waals surface area contributed by atoms with Gasteiger partial charge in [-0.05, 0) is 49.9 Å². The number of hydrogen-bond acceptors (Lipinski definition) is 4. The minimum Gasteiger partial charge on any atom is -0.389 e. The van der Waals surface area contributed by atoms with Gasteiger partial charge in [-0.3, -0.25) is 4.90 Å². The smallest absolute Gasteiger partial charge is 0.0900 e. The molecule has 23 heavy (non-hydrogen) atoms. The molecule has 0 saturated carbocycles. The van der Waals surface area contributed by atoms with E-state index in [9.17, 15) is 5.11 Å². The lowest BCUT2D eigenvalue weighted by Gasteiger charge is -2.27. The maximum Gasteiger partial charge on any atom is 0.0900 e. The molecule has 0 unspecified atom stereocenters. The van der Waals surface area contributed by atoms with Crippen molar-refractivity contribution in [1.29, 1.82) is 0 Å². The summed E-state index contributed by atoms with van der Waals surface area (Å²) in [6.07, 6.45) is 4.33. The Morgan fingerprint density at radius 3 is 2.83 bits per heavy atom. The van der Waals surface area contributed by atoms with Crippen LogP contribution in [0.5, 0.6) is 0 Å². The highest BCUT2D eigenvalue weighted by atomic mass is 79.9. The van der Waals surface area contributed by atoms with Crippen LogP contribution in [0.3, 0.4) is 0 Å². The molecule has 0 radical (unpaired) electrons. The molecule has 0 aromatic heterocycles. The molecule has 3 rings (SSSR count). The summed E-state index contributed by atoms with van der Waals surface area (Å²) in [6, 6.07) is 8.94. The summed E-state index contributed by atoms with van der Waals surface area (Å²) in [7, 11) is 0. The molecule has 1 aromatic rings. The van der Waals surface area contributed by atoms with E-state index in [0.717, 1.165) is 36.9 Å². The van der Waals surface area contributed by atoms with Gasteiger partial charge in [-0.2, -0.15) is 0 Å². The van der Waals surface area contributed by atoms with Crippen molar-refractivity contribution in [1.82, 2.24) is 4.90 Å². The van der Waals surface area contributed by atoms with E-state index in [2.05, 4.69) is 45.1 Å². The Morgan fingerprint density at radius 2 is 2.09 bits per heavy atom. The van der Waals surface area contributed by atoms with Crippen molar-refractivity contribution in [2.75, 3.05) is 32.9 Å². The number of ether oxygens (including phenoxy) is 2. The minimum absolute atomic E-state index is 0.226. The molecule has 2 fully saturated rings. The number of β-amino-alcohol motifs (C(OH)–C–C–N with tert-alkyl or cyclic N) is 1. The van der Waals surface area contributed by atoms with E-state index >= 15 is 0 Å². The summed E-state index contributed by atoms with van der Waals surface area (Å²) >= 11 is 3.49. The van der Waals surface area contributed by atoms with Gasteiger partial charge in [0.25, 0.3) is 0 Å². The zero-order valence-corrected chi connectivity index (χ0v) is 15.1. The second-order valence-corrected chi connectivity index (χ2v) is 7.45. The van der Waals surface area contributed by atoms with Gasteiger partial charge in [-0.15, -0.1) is 0 Å². The van der Waals surface area contributed by atoms with Crippen LogP contribution >= 0.6 is 15.9 Å². The van der Waals surface area contributed by atoms with Crippen molar-refractivity contribution in [2.45, 2.75) is 43.9 Å². The molecule has 1 aromatic carbocycles. The Kier molecular flexibility index (Phi) is 6.48. The van der Waals surface area contributed by atoms with E-state index < -0.39 is 6.10 Å². The van der Waals surface area contributed by atoms with Crippen LogP contribution in [0, 0.1) is 0 Å². The van der Waals surface area contributed by atoms with Gasteiger partial charge < -0.3 is 14.6 Å². The highest BCUT2D eigenvalue weighted by molar-refractivity contribution is 9.10.